The van der Waals surface area contributed by atoms with Crippen LogP contribution in [-0.2, 0) is 26.4 Å². The predicted molar refractivity (Wildman–Crippen MR) is 159 cm³/mol. The van der Waals surface area contributed by atoms with E-state index in [1.165, 1.54) is 39.3 Å². The van der Waals surface area contributed by atoms with Gasteiger partial charge in [0.1, 0.15) is 0 Å². The van der Waals surface area contributed by atoms with Gasteiger partial charge in [-0.3, -0.25) is 14.7 Å². The summed E-state index contributed by atoms with van der Waals surface area (Å²) < 4.78 is 3.16. The van der Waals surface area contributed by atoms with Crippen LogP contribution in [-0.4, -0.2) is 30.3 Å². The van der Waals surface area contributed by atoms with E-state index in [0.717, 1.165) is 22.9 Å². The molecular weight excluding hydrogens is 620 g/mol. The molecular formula is C29H51N4SW-. The third-order valence-corrected chi connectivity index (χ3v) is 4.73. The quantitative estimate of drug-likeness (QED) is 0.300. The van der Waals surface area contributed by atoms with Gasteiger partial charge >= 0.3 is 59.7 Å². The number of aliphatic imine (C=N–C) groups is 1. The minimum absolute atomic E-state index is 0.922. The van der Waals surface area contributed by atoms with E-state index in [9.17, 15) is 0 Å². The Morgan fingerprint density at radius 2 is 1.51 bits per heavy atom. The van der Waals surface area contributed by atoms with Crippen molar-refractivity contribution in [1.29, 1.82) is 0 Å². The zero-order chi connectivity index (χ0) is 28.4. The average Bonchev–Trinajstić information content (AvgIpc) is 3.38. The Morgan fingerprint density at radius 3 is 1.66 bits per heavy atom. The number of nitrogens with zero attached hydrogens (tertiary/aromatic N) is 4. The van der Waals surface area contributed by atoms with Gasteiger partial charge in [0, 0.05) is 30.8 Å². The average molecular weight is 672 g/mol. The third kappa shape index (κ3) is 32.4. The van der Waals surface area contributed by atoms with Crippen LogP contribution in [0.2, 0.25) is 0 Å². The molecule has 3 rings (SSSR count). The first-order valence-electron chi connectivity index (χ1n) is 12.3. The van der Waals surface area contributed by atoms with E-state index in [0.29, 0.717) is 0 Å². The monoisotopic (exact) mass is 671 g/mol. The predicted octanol–water partition coefficient (Wildman–Crippen LogP) is 8.67. The molecule has 0 atom stereocenters. The molecule has 0 radical (unpaired) electrons. The standard InChI is InChI=1S/C7H9N.C6H9N.C5H8N2.C5H7S.3C2H6.W/c1-6-3-4-8-7(2)5-6;1-5-3-6(2)7-4-5;1-5-3-6-7(2)4-5;1-4-6-5(2)3;3*1-2;/h3-5H,1-2H3;3H,4H2,1-2H3;3-4H,1-2H3;2H,1,3H3;3*1-2H3;/q;;;-1;;;;. The first kappa shape index (κ1) is 40.6. The zero-order valence-electron chi connectivity index (χ0n) is 24.9. The van der Waals surface area contributed by atoms with Crippen LogP contribution in [0.15, 0.2) is 52.3 Å². The number of hydrogen-bond acceptors (Lipinski definition) is 4. The summed E-state index contributed by atoms with van der Waals surface area (Å²) in [7, 11) is 1.91. The van der Waals surface area contributed by atoms with E-state index in [-0.39, 0.29) is 0 Å². The van der Waals surface area contributed by atoms with Gasteiger partial charge in [0.05, 0.1) is 12.7 Å². The van der Waals surface area contributed by atoms with E-state index >= 15 is 0 Å². The van der Waals surface area contributed by atoms with E-state index in [1.54, 1.807) is 16.4 Å². The molecule has 0 saturated heterocycles. The van der Waals surface area contributed by atoms with Crippen molar-refractivity contribution >= 4 is 20.7 Å². The molecule has 0 aliphatic carbocycles. The number of aromatic nitrogens is 3. The molecule has 35 heavy (non-hydrogen) atoms. The maximum atomic E-state index is 5.37. The summed E-state index contributed by atoms with van der Waals surface area (Å²) in [6.45, 7) is 32.5. The van der Waals surface area contributed by atoms with Crippen LogP contribution in [0.4, 0.5) is 0 Å². The van der Waals surface area contributed by atoms with Gasteiger partial charge in [-0.15, -0.1) is 0 Å². The molecule has 0 aromatic carbocycles. The molecule has 0 bridgehead atoms. The van der Waals surface area contributed by atoms with Crippen molar-refractivity contribution in [2.24, 2.45) is 12.0 Å². The Hall–Kier alpha value is -1.58. The molecule has 6 heteroatoms. The number of thioether (sulfide) groups is 1. The Bertz CT molecular complexity index is 806. The van der Waals surface area contributed by atoms with Crippen LogP contribution in [0, 0.1) is 27.4 Å². The molecule has 4 nitrogen and oxygen atoms in total. The van der Waals surface area contributed by atoms with Gasteiger partial charge in [0.15, 0.2) is 0 Å². The summed E-state index contributed by atoms with van der Waals surface area (Å²) in [5.41, 5.74) is 6.11. The summed E-state index contributed by atoms with van der Waals surface area (Å²) in [5, 5.41) is 3.93. The van der Waals surface area contributed by atoms with Gasteiger partial charge in [-0.1, -0.05) is 47.1 Å². The molecule has 2 aromatic rings. The molecule has 200 valence electrons. The number of pyridine rings is 1. The van der Waals surface area contributed by atoms with Crippen LogP contribution < -0.4 is 0 Å². The van der Waals surface area contributed by atoms with E-state index < -0.39 is 0 Å². The van der Waals surface area contributed by atoms with Crippen molar-refractivity contribution in [2.45, 2.75) is 90.0 Å². The van der Waals surface area contributed by atoms with Crippen molar-refractivity contribution in [3.05, 3.63) is 70.7 Å². The fourth-order valence-electron chi connectivity index (χ4n) is 2.15. The van der Waals surface area contributed by atoms with E-state index in [1.807, 2.05) is 101 Å². The van der Waals surface area contributed by atoms with Crippen molar-refractivity contribution in [3.63, 3.8) is 0 Å². The second-order valence-corrected chi connectivity index (χ2v) is 11.5. The fraction of sp³-hybridized carbons (Fsp3) is 0.517. The van der Waals surface area contributed by atoms with Crippen LogP contribution in [0.3, 0.4) is 0 Å². The summed E-state index contributed by atoms with van der Waals surface area (Å²) in [5.74, 6) is 0. The van der Waals surface area contributed by atoms with Gasteiger partial charge in [-0.2, -0.15) is 5.10 Å². The van der Waals surface area contributed by atoms with Gasteiger partial charge in [-0.25, -0.2) is 0 Å². The molecule has 0 fully saturated rings. The third-order valence-electron chi connectivity index (χ3n) is 3.22. The maximum absolute atomic E-state index is 5.37. The SMILES string of the molecule is CC.CC.CC.CC1=CC(C)=NC1.Cc1ccnc(C)c1.Cc1cnn(C)c1.[CH-]=C(C)S[C](C)=[W]. The first-order chi connectivity index (χ1) is 16.5. The van der Waals surface area contributed by atoms with Gasteiger partial charge in [0.2, 0.25) is 0 Å². The second-order valence-electron chi connectivity index (χ2n) is 6.82. The Balaban J connectivity index is -0.000000171. The van der Waals surface area contributed by atoms with Crippen LogP contribution >= 0.6 is 11.8 Å². The molecule has 1 aliphatic heterocycles. The van der Waals surface area contributed by atoms with Crippen molar-refractivity contribution in [1.82, 2.24) is 14.8 Å². The van der Waals surface area contributed by atoms with Crippen molar-refractivity contribution in [2.75, 3.05) is 6.54 Å². The van der Waals surface area contributed by atoms with Gasteiger partial charge < -0.3 is 0 Å². The normalized spacial score (nSPS) is 10.0. The molecule has 0 N–H and O–H groups in total. The zero-order valence-corrected chi connectivity index (χ0v) is 28.6. The molecule has 0 amide bonds. The van der Waals surface area contributed by atoms with Crippen molar-refractivity contribution in [3.8, 4) is 0 Å². The number of rotatable bonds is 2. The number of aryl methyl sites for hydroxylation is 4. The second kappa shape index (κ2) is 28.7. The Labute approximate surface area is 233 Å². The fourth-order valence-corrected chi connectivity index (χ4v) is 4.02. The minimum atomic E-state index is 0.922. The summed E-state index contributed by atoms with van der Waals surface area (Å²) in [6.07, 6.45) is 7.74. The van der Waals surface area contributed by atoms with E-state index in [2.05, 4.69) is 48.0 Å². The molecule has 1 aliphatic rings. The van der Waals surface area contributed by atoms with Gasteiger partial charge in [-0.05, 0) is 64.0 Å². The van der Waals surface area contributed by atoms with E-state index in [4.69, 9.17) is 6.58 Å². The first-order valence-corrected chi connectivity index (χ1v) is 14.6. The summed E-state index contributed by atoms with van der Waals surface area (Å²) >= 11 is 3.16. The molecule has 0 saturated carbocycles. The van der Waals surface area contributed by atoms with Crippen LogP contribution in [0.1, 0.15) is 86.1 Å². The van der Waals surface area contributed by atoms with Crippen LogP contribution in [0.5, 0.6) is 0 Å². The topological polar surface area (TPSA) is 43.1 Å². The molecule has 0 unspecified atom stereocenters. The summed E-state index contributed by atoms with van der Waals surface area (Å²) in [4.78, 5) is 9.12. The molecule has 3 heterocycles. The Kier molecular flexibility index (Phi) is 33.2. The Morgan fingerprint density at radius 1 is 0.971 bits per heavy atom. The van der Waals surface area contributed by atoms with Crippen LogP contribution in [0.25, 0.3) is 0 Å². The molecule has 2 aromatic heterocycles. The van der Waals surface area contributed by atoms with Crippen molar-refractivity contribution < 1.29 is 19.4 Å². The number of allylic oxidation sites excluding steroid dienone is 2. The summed E-state index contributed by atoms with van der Waals surface area (Å²) in [6, 6.07) is 4.05. The molecule has 0 spiro atoms. The van der Waals surface area contributed by atoms with Gasteiger partial charge in [0.25, 0.3) is 0 Å². The number of hydrogen-bond donors (Lipinski definition) is 0.